The first-order valence-corrected chi connectivity index (χ1v) is 8.41. The maximum absolute atomic E-state index is 13.2. The second-order valence-corrected chi connectivity index (χ2v) is 6.35. The van der Waals surface area contributed by atoms with Gasteiger partial charge in [0.25, 0.3) is 5.91 Å². The topological polar surface area (TPSA) is 45.2 Å². The highest BCUT2D eigenvalue weighted by molar-refractivity contribution is 9.10. The van der Waals surface area contributed by atoms with Crippen molar-refractivity contribution in [2.75, 3.05) is 23.3 Å². The summed E-state index contributed by atoms with van der Waals surface area (Å²) in [5.41, 5.74) is 1.07. The molecule has 1 aromatic carbocycles. The smallest absolute Gasteiger partial charge is 0.259 e. The van der Waals surface area contributed by atoms with Crippen LogP contribution in [0.25, 0.3) is 0 Å². The van der Waals surface area contributed by atoms with Crippen LogP contribution in [-0.4, -0.2) is 24.0 Å². The molecule has 0 unspecified atom stereocenters. The highest BCUT2D eigenvalue weighted by Crippen LogP contribution is 2.26. The lowest BCUT2D eigenvalue weighted by Gasteiger charge is -2.29. The normalized spacial score (nSPS) is 14.6. The molecule has 2 heterocycles. The van der Waals surface area contributed by atoms with E-state index in [1.54, 1.807) is 18.3 Å². The molecule has 0 spiro atoms. The lowest BCUT2D eigenvalue weighted by atomic mass is 10.1. The molecule has 120 valence electrons. The molecular weight excluding hydrogens is 361 g/mol. The number of amides is 1. The minimum absolute atomic E-state index is 0.244. The predicted molar refractivity (Wildman–Crippen MR) is 92.4 cm³/mol. The summed E-state index contributed by atoms with van der Waals surface area (Å²) in [5, 5.41) is 2.81. The summed E-state index contributed by atoms with van der Waals surface area (Å²) in [6.45, 7) is 1.83. The van der Waals surface area contributed by atoms with E-state index in [-0.39, 0.29) is 11.7 Å². The zero-order valence-electron chi connectivity index (χ0n) is 12.6. The fraction of sp³-hybridized carbons (Fsp3) is 0.294. The van der Waals surface area contributed by atoms with Crippen LogP contribution in [0.15, 0.2) is 41.0 Å². The molecule has 1 N–H and O–H groups in total. The number of nitrogens with zero attached hydrogens (tertiary/aromatic N) is 2. The van der Waals surface area contributed by atoms with Gasteiger partial charge in [0.05, 0.1) is 11.3 Å². The molecular formula is C17H17BrFN3O. The standard InChI is InChI=1S/C17H17BrFN3O/c18-14-11-12(19)6-7-15(14)21-17(23)13-5-4-8-20-16(13)22-9-2-1-3-10-22/h4-8,11H,1-3,9-10H2,(H,21,23). The first-order chi connectivity index (χ1) is 11.1. The van der Waals surface area contributed by atoms with Crippen LogP contribution in [0, 0.1) is 5.82 Å². The van der Waals surface area contributed by atoms with Crippen molar-refractivity contribution in [3.05, 3.63) is 52.4 Å². The largest absolute Gasteiger partial charge is 0.356 e. The molecule has 1 aliphatic rings. The van der Waals surface area contributed by atoms with Crippen molar-refractivity contribution in [2.45, 2.75) is 19.3 Å². The second-order valence-electron chi connectivity index (χ2n) is 5.50. The summed E-state index contributed by atoms with van der Waals surface area (Å²) in [7, 11) is 0. The number of nitrogens with one attached hydrogen (secondary N) is 1. The third kappa shape index (κ3) is 3.69. The van der Waals surface area contributed by atoms with E-state index in [0.717, 1.165) is 25.9 Å². The molecule has 2 aromatic rings. The van der Waals surface area contributed by atoms with Crippen LogP contribution in [0.1, 0.15) is 29.6 Å². The van der Waals surface area contributed by atoms with Gasteiger partial charge in [-0.2, -0.15) is 0 Å². The average Bonchev–Trinajstić information content (AvgIpc) is 2.58. The predicted octanol–water partition coefficient (Wildman–Crippen LogP) is 4.23. The summed E-state index contributed by atoms with van der Waals surface area (Å²) in [6.07, 6.45) is 5.14. The van der Waals surface area contributed by atoms with Crippen LogP contribution in [0.3, 0.4) is 0 Å². The Kier molecular flexibility index (Phi) is 4.91. The third-order valence-corrected chi connectivity index (χ3v) is 4.52. The Hall–Kier alpha value is -1.95. The van der Waals surface area contributed by atoms with E-state index in [9.17, 15) is 9.18 Å². The summed E-state index contributed by atoms with van der Waals surface area (Å²) in [4.78, 5) is 19.2. The lowest BCUT2D eigenvalue weighted by Crippen LogP contribution is -2.32. The van der Waals surface area contributed by atoms with E-state index in [1.165, 1.54) is 24.6 Å². The number of hydrogen-bond acceptors (Lipinski definition) is 3. The fourth-order valence-corrected chi connectivity index (χ4v) is 3.16. The van der Waals surface area contributed by atoms with Gasteiger partial charge < -0.3 is 10.2 Å². The van der Waals surface area contributed by atoms with Gasteiger partial charge in [0.2, 0.25) is 0 Å². The Morgan fingerprint density at radius 2 is 2.00 bits per heavy atom. The monoisotopic (exact) mass is 377 g/mol. The Morgan fingerprint density at radius 1 is 1.22 bits per heavy atom. The second kappa shape index (κ2) is 7.08. The SMILES string of the molecule is O=C(Nc1ccc(F)cc1Br)c1cccnc1N1CCCCC1. The molecule has 1 saturated heterocycles. The zero-order valence-corrected chi connectivity index (χ0v) is 14.1. The Balaban J connectivity index is 1.84. The Labute approximate surface area is 142 Å². The third-order valence-electron chi connectivity index (χ3n) is 3.87. The van der Waals surface area contributed by atoms with Crippen molar-refractivity contribution < 1.29 is 9.18 Å². The number of carbonyl (C=O) groups is 1. The number of hydrogen-bond donors (Lipinski definition) is 1. The van der Waals surface area contributed by atoms with Crippen LogP contribution in [0.2, 0.25) is 0 Å². The number of aromatic nitrogens is 1. The van der Waals surface area contributed by atoms with E-state index in [2.05, 4.69) is 31.1 Å². The van der Waals surface area contributed by atoms with Gasteiger partial charge in [-0.15, -0.1) is 0 Å². The van der Waals surface area contributed by atoms with Gasteiger partial charge in [-0.25, -0.2) is 9.37 Å². The van der Waals surface area contributed by atoms with E-state index in [4.69, 9.17) is 0 Å². The van der Waals surface area contributed by atoms with E-state index in [1.807, 2.05) is 0 Å². The first kappa shape index (κ1) is 15.9. The average molecular weight is 378 g/mol. The molecule has 0 atom stereocenters. The molecule has 3 rings (SSSR count). The molecule has 0 radical (unpaired) electrons. The summed E-state index contributed by atoms with van der Waals surface area (Å²) < 4.78 is 13.7. The van der Waals surface area contributed by atoms with Crippen LogP contribution in [0.5, 0.6) is 0 Å². The molecule has 0 saturated carbocycles. The maximum atomic E-state index is 13.2. The Bertz CT molecular complexity index is 717. The summed E-state index contributed by atoms with van der Waals surface area (Å²) in [6, 6.07) is 7.69. The Morgan fingerprint density at radius 3 is 2.74 bits per heavy atom. The van der Waals surface area contributed by atoms with Gasteiger partial charge in [-0.3, -0.25) is 4.79 Å². The van der Waals surface area contributed by atoms with Crippen molar-refractivity contribution in [1.29, 1.82) is 0 Å². The van der Waals surface area contributed by atoms with Crippen LogP contribution in [-0.2, 0) is 0 Å². The minimum atomic E-state index is -0.356. The van der Waals surface area contributed by atoms with E-state index in [0.29, 0.717) is 21.5 Å². The van der Waals surface area contributed by atoms with Gasteiger partial charge in [-0.05, 0) is 65.5 Å². The van der Waals surface area contributed by atoms with Crippen molar-refractivity contribution >= 4 is 33.3 Å². The zero-order chi connectivity index (χ0) is 16.2. The molecule has 1 aliphatic heterocycles. The van der Waals surface area contributed by atoms with Gasteiger partial charge in [0.1, 0.15) is 11.6 Å². The number of rotatable bonds is 3. The van der Waals surface area contributed by atoms with Gasteiger partial charge >= 0.3 is 0 Å². The molecule has 23 heavy (non-hydrogen) atoms. The lowest BCUT2D eigenvalue weighted by molar-refractivity contribution is 0.102. The minimum Gasteiger partial charge on any atom is -0.356 e. The number of anilines is 2. The van der Waals surface area contributed by atoms with Crippen molar-refractivity contribution in [2.24, 2.45) is 0 Å². The molecule has 0 aliphatic carbocycles. The number of benzene rings is 1. The van der Waals surface area contributed by atoms with Crippen molar-refractivity contribution in [3.8, 4) is 0 Å². The molecule has 1 fully saturated rings. The van der Waals surface area contributed by atoms with Crippen LogP contribution < -0.4 is 10.2 Å². The number of carbonyl (C=O) groups excluding carboxylic acids is 1. The van der Waals surface area contributed by atoms with Crippen molar-refractivity contribution in [1.82, 2.24) is 4.98 Å². The van der Waals surface area contributed by atoms with E-state index < -0.39 is 0 Å². The molecule has 4 nitrogen and oxygen atoms in total. The number of pyridine rings is 1. The highest BCUT2D eigenvalue weighted by atomic mass is 79.9. The summed E-state index contributed by atoms with van der Waals surface area (Å²) in [5.74, 6) is 0.110. The molecule has 0 bridgehead atoms. The van der Waals surface area contributed by atoms with Gasteiger partial charge in [0, 0.05) is 23.8 Å². The molecule has 1 aromatic heterocycles. The molecule has 1 amide bonds. The van der Waals surface area contributed by atoms with Gasteiger partial charge in [0.15, 0.2) is 0 Å². The van der Waals surface area contributed by atoms with E-state index >= 15 is 0 Å². The molecule has 6 heteroatoms. The first-order valence-electron chi connectivity index (χ1n) is 7.61. The van der Waals surface area contributed by atoms with Crippen LogP contribution in [0.4, 0.5) is 15.9 Å². The fourth-order valence-electron chi connectivity index (χ4n) is 2.71. The van der Waals surface area contributed by atoms with Crippen molar-refractivity contribution in [3.63, 3.8) is 0 Å². The summed E-state index contributed by atoms with van der Waals surface area (Å²) >= 11 is 3.26. The number of halogens is 2. The van der Waals surface area contributed by atoms with Crippen LogP contribution >= 0.6 is 15.9 Å². The number of piperidine rings is 1. The quantitative estimate of drug-likeness (QED) is 0.870. The maximum Gasteiger partial charge on any atom is 0.259 e. The van der Waals surface area contributed by atoms with Gasteiger partial charge in [-0.1, -0.05) is 0 Å². The highest BCUT2D eigenvalue weighted by Gasteiger charge is 2.20.